The summed E-state index contributed by atoms with van der Waals surface area (Å²) in [7, 11) is 0. The Morgan fingerprint density at radius 1 is 1.45 bits per heavy atom. The lowest BCUT2D eigenvalue weighted by Gasteiger charge is -2.50. The fourth-order valence-electron chi connectivity index (χ4n) is 3.22. The Morgan fingerprint density at radius 3 is 2.85 bits per heavy atom. The molecule has 4 nitrogen and oxygen atoms in total. The highest BCUT2D eigenvalue weighted by Gasteiger charge is 2.45. The van der Waals surface area contributed by atoms with Crippen molar-refractivity contribution < 1.29 is 14.6 Å². The summed E-state index contributed by atoms with van der Waals surface area (Å²) >= 11 is 0. The summed E-state index contributed by atoms with van der Waals surface area (Å²) < 4.78 is 6.02. The average Bonchev–Trinajstić information content (AvgIpc) is 2.38. The zero-order chi connectivity index (χ0) is 14.3. The molecule has 0 radical (unpaired) electrons. The predicted octanol–water partition coefficient (Wildman–Crippen LogP) is 2.48. The number of phenols is 1. The van der Waals surface area contributed by atoms with Gasteiger partial charge in [-0.15, -0.1) is 0 Å². The van der Waals surface area contributed by atoms with Gasteiger partial charge in [0.15, 0.2) is 0 Å². The lowest BCUT2D eigenvalue weighted by Crippen LogP contribution is -2.59. The van der Waals surface area contributed by atoms with Gasteiger partial charge in [0.2, 0.25) is 0 Å². The van der Waals surface area contributed by atoms with Crippen LogP contribution in [-0.4, -0.2) is 40.7 Å². The molecule has 1 atom stereocenters. The van der Waals surface area contributed by atoms with Gasteiger partial charge in [-0.3, -0.25) is 4.79 Å². The van der Waals surface area contributed by atoms with Crippen LogP contribution < -0.4 is 0 Å². The van der Waals surface area contributed by atoms with Gasteiger partial charge in [-0.25, -0.2) is 0 Å². The number of carbonyl (C=O) groups is 1. The summed E-state index contributed by atoms with van der Waals surface area (Å²) in [5.41, 5.74) is 1.24. The summed E-state index contributed by atoms with van der Waals surface area (Å²) in [4.78, 5) is 14.5. The molecule has 1 unspecified atom stereocenters. The quantitative estimate of drug-likeness (QED) is 0.856. The van der Waals surface area contributed by atoms with Crippen molar-refractivity contribution in [3.63, 3.8) is 0 Å². The van der Waals surface area contributed by atoms with E-state index in [2.05, 4.69) is 0 Å². The maximum Gasteiger partial charge on any atom is 0.257 e. The monoisotopic (exact) mass is 275 g/mol. The first-order chi connectivity index (χ1) is 9.49. The van der Waals surface area contributed by atoms with E-state index in [4.69, 9.17) is 4.74 Å². The first-order valence-electron chi connectivity index (χ1n) is 7.26. The fourth-order valence-corrected chi connectivity index (χ4v) is 3.22. The highest BCUT2D eigenvalue weighted by atomic mass is 16.5. The first-order valence-corrected chi connectivity index (χ1v) is 7.26. The van der Waals surface area contributed by atoms with Gasteiger partial charge in [0.05, 0.1) is 23.8 Å². The minimum absolute atomic E-state index is 0.0555. The van der Waals surface area contributed by atoms with Gasteiger partial charge in [-0.05, 0) is 45.2 Å². The molecule has 1 aromatic carbocycles. The molecule has 2 aliphatic rings. The van der Waals surface area contributed by atoms with Crippen LogP contribution in [0.4, 0.5) is 0 Å². The van der Waals surface area contributed by atoms with Crippen LogP contribution in [0.3, 0.4) is 0 Å². The van der Waals surface area contributed by atoms with Gasteiger partial charge in [-0.2, -0.15) is 0 Å². The van der Waals surface area contributed by atoms with E-state index in [0.717, 1.165) is 18.4 Å². The minimum Gasteiger partial charge on any atom is -0.507 e. The number of aryl methyl sites for hydroxylation is 1. The van der Waals surface area contributed by atoms with Gasteiger partial charge < -0.3 is 14.7 Å². The average molecular weight is 275 g/mol. The maximum absolute atomic E-state index is 12.7. The van der Waals surface area contributed by atoms with E-state index in [9.17, 15) is 9.90 Å². The van der Waals surface area contributed by atoms with E-state index in [-0.39, 0.29) is 23.4 Å². The number of amides is 1. The van der Waals surface area contributed by atoms with Crippen molar-refractivity contribution in [2.75, 3.05) is 13.1 Å². The van der Waals surface area contributed by atoms with Crippen molar-refractivity contribution in [3.05, 3.63) is 29.3 Å². The zero-order valence-corrected chi connectivity index (χ0v) is 12.1. The molecule has 1 heterocycles. The number of hydrogen-bond acceptors (Lipinski definition) is 3. The molecule has 0 aromatic heterocycles. The fraction of sp³-hybridized carbons (Fsp3) is 0.562. The Hall–Kier alpha value is -1.55. The molecule has 1 spiro atoms. The Kier molecular flexibility index (Phi) is 3.21. The summed E-state index contributed by atoms with van der Waals surface area (Å²) in [6.45, 7) is 5.17. The smallest absolute Gasteiger partial charge is 0.257 e. The minimum atomic E-state index is -0.132. The second-order valence-electron chi connectivity index (χ2n) is 6.17. The van der Waals surface area contributed by atoms with Crippen molar-refractivity contribution in [3.8, 4) is 5.75 Å². The van der Waals surface area contributed by atoms with Crippen molar-refractivity contribution in [2.45, 2.75) is 44.8 Å². The number of rotatable bonds is 1. The summed E-state index contributed by atoms with van der Waals surface area (Å²) in [5.74, 6) is -0.0324. The molecule has 1 aliphatic heterocycles. The van der Waals surface area contributed by atoms with Gasteiger partial charge >= 0.3 is 0 Å². The molecule has 1 aromatic rings. The molecule has 20 heavy (non-hydrogen) atoms. The first kappa shape index (κ1) is 13.4. The highest BCUT2D eigenvalue weighted by molar-refractivity contribution is 5.97. The van der Waals surface area contributed by atoms with Gasteiger partial charge in [0.1, 0.15) is 5.75 Å². The van der Waals surface area contributed by atoms with Gasteiger partial charge in [0.25, 0.3) is 5.91 Å². The zero-order valence-electron chi connectivity index (χ0n) is 12.1. The van der Waals surface area contributed by atoms with Crippen LogP contribution in [0.25, 0.3) is 0 Å². The third kappa shape index (κ3) is 2.29. The number of nitrogens with zero attached hydrogens (tertiary/aromatic N) is 1. The molecule has 108 valence electrons. The van der Waals surface area contributed by atoms with Crippen LogP contribution >= 0.6 is 0 Å². The molecular weight excluding hydrogens is 254 g/mol. The molecule has 4 heteroatoms. The molecule has 1 amide bonds. The van der Waals surface area contributed by atoms with E-state index in [1.54, 1.807) is 12.1 Å². The summed E-state index contributed by atoms with van der Waals surface area (Å²) in [6, 6.07) is 5.15. The Labute approximate surface area is 119 Å². The molecule has 1 aliphatic carbocycles. The van der Waals surface area contributed by atoms with E-state index in [1.165, 1.54) is 6.42 Å². The second-order valence-corrected chi connectivity index (χ2v) is 6.17. The number of ether oxygens (including phenoxy) is 1. The Balaban J connectivity index is 1.84. The third-order valence-electron chi connectivity index (χ3n) is 4.34. The number of morpholine rings is 1. The standard InChI is InChI=1S/C16H21NO3/c1-11-4-5-14(18)13(8-11)15(19)17-9-12(2)20-16(10-17)6-3-7-16/h4-5,8,12,18H,3,6-7,9-10H2,1-2H3. The van der Waals surface area contributed by atoms with Crippen molar-refractivity contribution in [1.29, 1.82) is 0 Å². The van der Waals surface area contributed by atoms with Crippen LogP contribution in [-0.2, 0) is 4.74 Å². The van der Waals surface area contributed by atoms with E-state index >= 15 is 0 Å². The van der Waals surface area contributed by atoms with Crippen molar-refractivity contribution in [2.24, 2.45) is 0 Å². The molecule has 3 rings (SSSR count). The van der Waals surface area contributed by atoms with Crippen molar-refractivity contribution in [1.82, 2.24) is 4.90 Å². The largest absolute Gasteiger partial charge is 0.507 e. The van der Waals surface area contributed by atoms with E-state index in [0.29, 0.717) is 18.7 Å². The predicted molar refractivity (Wildman–Crippen MR) is 75.9 cm³/mol. The lowest BCUT2D eigenvalue weighted by atomic mass is 9.78. The molecule has 1 saturated carbocycles. The van der Waals surface area contributed by atoms with E-state index in [1.807, 2.05) is 24.8 Å². The van der Waals surface area contributed by atoms with Crippen LogP contribution in [0.2, 0.25) is 0 Å². The van der Waals surface area contributed by atoms with E-state index < -0.39 is 0 Å². The van der Waals surface area contributed by atoms with Crippen LogP contribution in [0.15, 0.2) is 18.2 Å². The molecule has 1 N–H and O–H groups in total. The summed E-state index contributed by atoms with van der Waals surface area (Å²) in [5, 5.41) is 9.92. The Bertz CT molecular complexity index is 537. The molecule has 2 fully saturated rings. The molecule has 0 bridgehead atoms. The van der Waals surface area contributed by atoms with Crippen molar-refractivity contribution >= 4 is 5.91 Å². The van der Waals surface area contributed by atoms with Gasteiger partial charge in [-0.1, -0.05) is 11.6 Å². The SMILES string of the molecule is Cc1ccc(O)c(C(=O)N2CC(C)OC3(CCC3)C2)c1. The van der Waals surface area contributed by atoms with Crippen LogP contribution in [0, 0.1) is 6.92 Å². The van der Waals surface area contributed by atoms with Crippen LogP contribution in [0.1, 0.15) is 42.1 Å². The second kappa shape index (κ2) is 4.77. The topological polar surface area (TPSA) is 49.8 Å². The number of carbonyl (C=O) groups excluding carboxylic acids is 1. The number of phenolic OH excluding ortho intramolecular Hbond substituents is 1. The lowest BCUT2D eigenvalue weighted by molar-refractivity contribution is -0.176. The number of benzene rings is 1. The summed E-state index contributed by atoms with van der Waals surface area (Å²) in [6.07, 6.45) is 3.28. The number of hydrogen-bond donors (Lipinski definition) is 1. The Morgan fingerprint density at radius 2 is 2.20 bits per heavy atom. The number of aromatic hydroxyl groups is 1. The molecular formula is C16H21NO3. The van der Waals surface area contributed by atoms with Crippen LogP contribution in [0.5, 0.6) is 5.75 Å². The highest BCUT2D eigenvalue weighted by Crippen LogP contribution is 2.40. The van der Waals surface area contributed by atoms with Gasteiger partial charge in [0, 0.05) is 6.54 Å². The normalized spacial score (nSPS) is 24.5. The molecule has 1 saturated heterocycles. The maximum atomic E-state index is 12.7. The third-order valence-corrected chi connectivity index (χ3v) is 4.34.